The van der Waals surface area contributed by atoms with Crippen LogP contribution in [0.2, 0.25) is 0 Å². The lowest BCUT2D eigenvalue weighted by Crippen LogP contribution is -2.34. The Kier molecular flexibility index (Phi) is 8.72. The third-order valence-electron chi connectivity index (χ3n) is 8.67. The van der Waals surface area contributed by atoms with E-state index in [1.165, 1.54) is 70.5 Å². The van der Waals surface area contributed by atoms with E-state index in [1.54, 1.807) is 5.57 Å². The van der Waals surface area contributed by atoms with Crippen molar-refractivity contribution in [2.75, 3.05) is 13.1 Å². The number of aliphatic hydroxyl groups excluding tert-OH is 1. The summed E-state index contributed by atoms with van der Waals surface area (Å²) >= 11 is 1.87. The Balaban J connectivity index is 1.28. The SMILES string of the molecule is CCC/C=C(/c1ccc(-c2cc(C3=CCC(CC(C)CC4CCC4)=C3)cs2)c(C)c1)N1CCC(O)CC1. The molecule has 2 fully saturated rings. The number of nitrogens with zero attached hydrogens (tertiary/aromatic N) is 1. The third-order valence-corrected chi connectivity index (χ3v) is 9.63. The molecule has 2 heterocycles. The lowest BCUT2D eigenvalue weighted by atomic mass is 9.78. The van der Waals surface area contributed by atoms with Gasteiger partial charge in [-0.1, -0.05) is 75.5 Å². The zero-order valence-corrected chi connectivity index (χ0v) is 24.0. The first-order chi connectivity index (χ1) is 18.0. The van der Waals surface area contributed by atoms with E-state index in [0.29, 0.717) is 0 Å². The average Bonchev–Trinajstić information content (AvgIpc) is 3.53. The van der Waals surface area contributed by atoms with Crippen LogP contribution in [0, 0.1) is 18.8 Å². The van der Waals surface area contributed by atoms with Gasteiger partial charge in [-0.3, -0.25) is 0 Å². The normalized spacial score (nSPS) is 20.1. The minimum absolute atomic E-state index is 0.141. The Labute approximate surface area is 228 Å². The topological polar surface area (TPSA) is 23.5 Å². The van der Waals surface area contributed by atoms with Crippen molar-refractivity contribution in [3.8, 4) is 10.4 Å². The van der Waals surface area contributed by atoms with Crippen LogP contribution in [0.25, 0.3) is 21.7 Å². The number of benzene rings is 1. The summed E-state index contributed by atoms with van der Waals surface area (Å²) in [6.45, 7) is 8.83. The summed E-state index contributed by atoms with van der Waals surface area (Å²) in [6, 6.07) is 9.41. The summed E-state index contributed by atoms with van der Waals surface area (Å²) < 4.78 is 0. The van der Waals surface area contributed by atoms with Crippen LogP contribution in [-0.4, -0.2) is 29.2 Å². The minimum atomic E-state index is -0.141. The predicted octanol–water partition coefficient (Wildman–Crippen LogP) is 9.25. The molecule has 2 aliphatic carbocycles. The smallest absolute Gasteiger partial charge is 0.0574 e. The molecule has 1 aromatic heterocycles. The minimum Gasteiger partial charge on any atom is -0.393 e. The summed E-state index contributed by atoms with van der Waals surface area (Å²) in [7, 11) is 0. The predicted molar refractivity (Wildman–Crippen MR) is 161 cm³/mol. The van der Waals surface area contributed by atoms with E-state index in [9.17, 15) is 5.11 Å². The number of piperidine rings is 1. The van der Waals surface area contributed by atoms with Crippen molar-refractivity contribution >= 4 is 22.6 Å². The molecule has 1 aliphatic heterocycles. The monoisotopic (exact) mass is 515 g/mol. The van der Waals surface area contributed by atoms with Crippen LogP contribution in [0.15, 0.2) is 53.4 Å². The van der Waals surface area contributed by atoms with E-state index in [2.05, 4.69) is 73.5 Å². The highest BCUT2D eigenvalue weighted by Crippen LogP contribution is 2.39. The van der Waals surface area contributed by atoms with Crippen molar-refractivity contribution in [2.24, 2.45) is 11.8 Å². The van der Waals surface area contributed by atoms with Gasteiger partial charge in [0.1, 0.15) is 0 Å². The van der Waals surface area contributed by atoms with Crippen LogP contribution < -0.4 is 0 Å². The largest absolute Gasteiger partial charge is 0.393 e. The first kappa shape index (κ1) is 26.5. The first-order valence-electron chi connectivity index (χ1n) is 14.7. The van der Waals surface area contributed by atoms with Gasteiger partial charge in [0.25, 0.3) is 0 Å². The van der Waals surface area contributed by atoms with E-state index in [-0.39, 0.29) is 6.10 Å². The fourth-order valence-electron chi connectivity index (χ4n) is 6.30. The molecule has 1 unspecified atom stereocenters. The number of hydrogen-bond donors (Lipinski definition) is 1. The number of aryl methyl sites for hydroxylation is 1. The molecule has 2 nitrogen and oxygen atoms in total. The number of unbranched alkanes of at least 4 members (excludes halogenated alkanes) is 1. The highest BCUT2D eigenvalue weighted by molar-refractivity contribution is 7.13. The van der Waals surface area contributed by atoms with Gasteiger partial charge in [-0.05, 0) is 103 Å². The Morgan fingerprint density at radius 3 is 2.68 bits per heavy atom. The van der Waals surface area contributed by atoms with Crippen molar-refractivity contribution in [2.45, 2.75) is 91.1 Å². The van der Waals surface area contributed by atoms with Crippen molar-refractivity contribution in [3.63, 3.8) is 0 Å². The van der Waals surface area contributed by atoms with Gasteiger partial charge in [0.2, 0.25) is 0 Å². The summed E-state index contributed by atoms with van der Waals surface area (Å²) in [6.07, 6.45) is 19.3. The molecule has 1 saturated heterocycles. The fourth-order valence-corrected chi connectivity index (χ4v) is 7.31. The van der Waals surface area contributed by atoms with Crippen LogP contribution in [0.1, 0.15) is 94.7 Å². The molecule has 3 heteroatoms. The van der Waals surface area contributed by atoms with E-state index in [0.717, 1.165) is 57.0 Å². The molecular formula is C34H45NOS. The second kappa shape index (κ2) is 12.2. The van der Waals surface area contributed by atoms with Gasteiger partial charge in [-0.2, -0.15) is 0 Å². The highest BCUT2D eigenvalue weighted by Gasteiger charge is 2.22. The Morgan fingerprint density at radius 2 is 1.97 bits per heavy atom. The van der Waals surface area contributed by atoms with Crippen LogP contribution in [-0.2, 0) is 0 Å². The number of thiophene rings is 1. The van der Waals surface area contributed by atoms with Crippen molar-refractivity contribution in [3.05, 3.63) is 70.1 Å². The van der Waals surface area contributed by atoms with Crippen LogP contribution >= 0.6 is 11.3 Å². The summed E-state index contributed by atoms with van der Waals surface area (Å²) in [5, 5.41) is 12.3. The molecule has 1 N–H and O–H groups in total. The maximum absolute atomic E-state index is 9.99. The number of allylic oxidation sites excluding steroid dienone is 5. The van der Waals surface area contributed by atoms with Gasteiger partial charge in [0, 0.05) is 23.7 Å². The highest BCUT2D eigenvalue weighted by atomic mass is 32.1. The molecule has 1 aromatic carbocycles. The van der Waals surface area contributed by atoms with Gasteiger partial charge in [0.05, 0.1) is 6.10 Å². The lowest BCUT2D eigenvalue weighted by Gasteiger charge is -2.34. The molecule has 3 aliphatic rings. The molecule has 198 valence electrons. The van der Waals surface area contributed by atoms with Crippen molar-refractivity contribution in [1.29, 1.82) is 0 Å². The van der Waals surface area contributed by atoms with E-state index < -0.39 is 0 Å². The number of hydrogen-bond acceptors (Lipinski definition) is 3. The first-order valence-corrected chi connectivity index (χ1v) is 15.6. The zero-order chi connectivity index (χ0) is 25.8. The molecule has 0 radical (unpaired) electrons. The quantitative estimate of drug-likeness (QED) is 0.341. The molecule has 0 bridgehead atoms. The maximum atomic E-state index is 9.99. The van der Waals surface area contributed by atoms with Crippen molar-refractivity contribution in [1.82, 2.24) is 4.90 Å². The Morgan fingerprint density at radius 1 is 1.16 bits per heavy atom. The van der Waals surface area contributed by atoms with Gasteiger partial charge in [-0.25, -0.2) is 0 Å². The Bertz CT molecular complexity index is 1160. The summed E-state index contributed by atoms with van der Waals surface area (Å²) in [4.78, 5) is 3.84. The van der Waals surface area contributed by atoms with E-state index in [4.69, 9.17) is 0 Å². The van der Waals surface area contributed by atoms with Crippen LogP contribution in [0.3, 0.4) is 0 Å². The Hall–Kier alpha value is -2.10. The summed E-state index contributed by atoms with van der Waals surface area (Å²) in [5.41, 5.74) is 9.75. The molecule has 1 atom stereocenters. The molecule has 5 rings (SSSR count). The molecule has 2 aromatic rings. The fraction of sp³-hybridized carbons (Fsp3) is 0.529. The zero-order valence-electron chi connectivity index (χ0n) is 23.1. The maximum Gasteiger partial charge on any atom is 0.0574 e. The molecular weight excluding hydrogens is 470 g/mol. The van der Waals surface area contributed by atoms with Gasteiger partial charge >= 0.3 is 0 Å². The second-order valence-corrected chi connectivity index (χ2v) is 12.7. The lowest BCUT2D eigenvalue weighted by molar-refractivity contribution is 0.106. The molecule has 37 heavy (non-hydrogen) atoms. The standard InChI is InChI=1S/C34H45NOS/c1-4-5-9-33(35-16-14-31(36)15-17-35)29-12-13-32(25(3)20-29)34-22-30(23-37-34)28-11-10-27(21-28)19-24(2)18-26-7-6-8-26/h9,11-13,20-24,26,31,36H,4-8,10,14-19H2,1-3H3/b33-9-. The van der Waals surface area contributed by atoms with Gasteiger partial charge in [-0.15, -0.1) is 11.3 Å². The molecule has 0 amide bonds. The van der Waals surface area contributed by atoms with Crippen LogP contribution in [0.4, 0.5) is 0 Å². The number of rotatable bonds is 10. The second-order valence-electron chi connectivity index (χ2n) is 11.8. The third kappa shape index (κ3) is 6.49. The summed E-state index contributed by atoms with van der Waals surface area (Å²) in [5.74, 6) is 1.82. The van der Waals surface area contributed by atoms with Gasteiger partial charge in [0.15, 0.2) is 0 Å². The number of likely N-dealkylation sites (tertiary alicyclic amines) is 1. The van der Waals surface area contributed by atoms with Crippen molar-refractivity contribution < 1.29 is 5.11 Å². The average molecular weight is 516 g/mol. The molecule has 1 saturated carbocycles. The van der Waals surface area contributed by atoms with Gasteiger partial charge < -0.3 is 10.0 Å². The van der Waals surface area contributed by atoms with E-state index >= 15 is 0 Å². The number of aliphatic hydroxyl groups is 1. The van der Waals surface area contributed by atoms with Crippen LogP contribution in [0.5, 0.6) is 0 Å². The van der Waals surface area contributed by atoms with E-state index in [1.807, 2.05) is 11.3 Å². The molecule has 0 spiro atoms.